The van der Waals surface area contributed by atoms with Gasteiger partial charge in [0.05, 0.1) is 23.9 Å². The van der Waals surface area contributed by atoms with Crippen molar-refractivity contribution in [2.75, 3.05) is 33.4 Å². The number of rotatable bonds is 8. The molecule has 30 heavy (non-hydrogen) atoms. The molecule has 1 aliphatic heterocycles. The molecule has 2 aromatic rings. The minimum absolute atomic E-state index is 0. The van der Waals surface area contributed by atoms with Gasteiger partial charge < -0.3 is 19.7 Å². The molecule has 1 amide bonds. The fourth-order valence-corrected chi connectivity index (χ4v) is 4.24. The first-order valence-electron chi connectivity index (χ1n) is 10.7. The summed E-state index contributed by atoms with van der Waals surface area (Å²) in [6.45, 7) is 7.72. The quantitative estimate of drug-likeness (QED) is 0.644. The van der Waals surface area contributed by atoms with E-state index in [1.54, 1.807) is 7.11 Å². The molecule has 1 aromatic carbocycles. The van der Waals surface area contributed by atoms with E-state index in [1.807, 2.05) is 6.92 Å². The largest absolute Gasteiger partial charge is 0.385 e. The van der Waals surface area contributed by atoms with Gasteiger partial charge in [-0.3, -0.25) is 9.48 Å². The molecule has 1 aliphatic carbocycles. The monoisotopic (exact) mass is 436 g/mol. The lowest BCUT2D eigenvalue weighted by atomic mass is 10.0. The molecule has 1 unspecified atom stereocenters. The molecule has 4 rings (SSSR count). The highest BCUT2D eigenvalue weighted by atomic mass is 35.5. The maximum atomic E-state index is 13.2. The zero-order valence-electron chi connectivity index (χ0n) is 18.1. The number of fused-ring (bicyclic) bond motifs is 1. The van der Waals surface area contributed by atoms with Gasteiger partial charge in [-0.05, 0) is 44.7 Å². The number of halogens is 1. The molecule has 8 heteroatoms. The number of benzene rings is 1. The van der Waals surface area contributed by atoms with Crippen molar-refractivity contribution in [2.24, 2.45) is 0 Å². The lowest BCUT2D eigenvalue weighted by molar-refractivity contribution is -0.148. The molecule has 0 bridgehead atoms. The Bertz CT molecular complexity index is 861. The van der Waals surface area contributed by atoms with Crippen LogP contribution in [-0.2, 0) is 20.8 Å². The van der Waals surface area contributed by atoms with Crippen molar-refractivity contribution < 1.29 is 14.3 Å². The molecule has 0 spiro atoms. The number of morpholine rings is 1. The lowest BCUT2D eigenvalue weighted by Gasteiger charge is -2.34. The number of carbonyl (C=O) groups excluding carboxylic acids is 1. The lowest BCUT2D eigenvalue weighted by Crippen LogP contribution is -2.50. The van der Waals surface area contributed by atoms with Crippen LogP contribution in [0.15, 0.2) is 18.2 Å². The number of hydrogen-bond donors (Lipinski definition) is 1. The van der Waals surface area contributed by atoms with E-state index in [1.165, 1.54) is 5.39 Å². The molecule has 166 valence electrons. The number of hydrogen-bond acceptors (Lipinski definition) is 5. The number of methoxy groups -OCH3 is 1. The maximum Gasteiger partial charge on any atom is 0.253 e. The number of aryl methyl sites for hydroxylation is 2. The van der Waals surface area contributed by atoms with Gasteiger partial charge in [0.25, 0.3) is 5.91 Å². The molecule has 1 N–H and O–H groups in total. The minimum atomic E-state index is -0.377. The number of carbonyl (C=O) groups is 1. The van der Waals surface area contributed by atoms with Crippen molar-refractivity contribution in [1.29, 1.82) is 0 Å². The summed E-state index contributed by atoms with van der Waals surface area (Å²) >= 11 is 0. The van der Waals surface area contributed by atoms with Crippen LogP contribution in [0.2, 0.25) is 0 Å². The van der Waals surface area contributed by atoms with Crippen LogP contribution >= 0.6 is 12.4 Å². The Labute approximate surface area is 184 Å². The summed E-state index contributed by atoms with van der Waals surface area (Å²) in [6.07, 6.45) is 2.70. The van der Waals surface area contributed by atoms with Crippen LogP contribution in [0, 0.1) is 6.92 Å². The summed E-state index contributed by atoms with van der Waals surface area (Å²) in [5.41, 5.74) is 3.31. The van der Waals surface area contributed by atoms with Gasteiger partial charge in [0, 0.05) is 44.8 Å². The summed E-state index contributed by atoms with van der Waals surface area (Å²) in [6, 6.07) is 6.82. The Hall–Kier alpha value is -1.67. The third-order valence-corrected chi connectivity index (χ3v) is 5.98. The number of ether oxygens (including phenoxy) is 2. The molecule has 7 nitrogen and oxygen atoms in total. The average molecular weight is 437 g/mol. The molecule has 1 saturated carbocycles. The fourth-order valence-electron chi connectivity index (χ4n) is 4.24. The van der Waals surface area contributed by atoms with Gasteiger partial charge in [0.15, 0.2) is 0 Å². The van der Waals surface area contributed by atoms with E-state index in [2.05, 4.69) is 40.0 Å². The molecule has 2 fully saturated rings. The molecule has 2 heterocycles. The van der Waals surface area contributed by atoms with Crippen LogP contribution in [0.25, 0.3) is 10.9 Å². The minimum Gasteiger partial charge on any atom is -0.385 e. The van der Waals surface area contributed by atoms with Crippen LogP contribution in [0.3, 0.4) is 0 Å². The Balaban J connectivity index is 0.00000256. The number of nitrogens with one attached hydrogen (secondary N) is 1. The first-order valence-corrected chi connectivity index (χ1v) is 10.7. The van der Waals surface area contributed by atoms with Crippen LogP contribution in [-0.4, -0.2) is 66.1 Å². The number of nitrogens with zero attached hydrogens (tertiary/aromatic N) is 3. The predicted octanol–water partition coefficient (Wildman–Crippen LogP) is 2.84. The van der Waals surface area contributed by atoms with E-state index in [-0.39, 0.29) is 30.5 Å². The van der Waals surface area contributed by atoms with E-state index in [4.69, 9.17) is 14.6 Å². The molecular weight excluding hydrogens is 404 g/mol. The number of aromatic nitrogens is 2. The van der Waals surface area contributed by atoms with Gasteiger partial charge in [-0.2, -0.15) is 5.10 Å². The Morgan fingerprint density at radius 3 is 2.90 bits per heavy atom. The first-order chi connectivity index (χ1) is 14.1. The predicted molar refractivity (Wildman–Crippen MR) is 119 cm³/mol. The molecular formula is C22H33ClN4O3. The number of amides is 1. The van der Waals surface area contributed by atoms with E-state index < -0.39 is 0 Å². The van der Waals surface area contributed by atoms with Gasteiger partial charge in [-0.25, -0.2) is 0 Å². The zero-order valence-corrected chi connectivity index (χ0v) is 18.9. The summed E-state index contributed by atoms with van der Waals surface area (Å²) in [7, 11) is 1.72. The van der Waals surface area contributed by atoms with Crippen LogP contribution < -0.4 is 5.32 Å². The van der Waals surface area contributed by atoms with Gasteiger partial charge in [0.2, 0.25) is 0 Å². The van der Waals surface area contributed by atoms with E-state index in [0.29, 0.717) is 19.2 Å². The molecule has 1 saturated heterocycles. The SMILES string of the molecule is COCCCn1nc(C)c2ccc([C@@H](C)N(C(=O)C3CNCCO3)C3CC3)cc21.Cl. The Kier molecular flexibility index (Phi) is 7.74. The zero-order chi connectivity index (χ0) is 20.4. The topological polar surface area (TPSA) is 68.6 Å². The first kappa shape index (κ1) is 23.0. The van der Waals surface area contributed by atoms with Crippen LogP contribution in [0.1, 0.15) is 43.5 Å². The smallest absolute Gasteiger partial charge is 0.253 e. The second-order valence-corrected chi connectivity index (χ2v) is 8.15. The van der Waals surface area contributed by atoms with Gasteiger partial charge >= 0.3 is 0 Å². The van der Waals surface area contributed by atoms with Crippen molar-refractivity contribution in [3.8, 4) is 0 Å². The summed E-state index contributed by atoms with van der Waals surface area (Å²) in [5, 5.41) is 9.16. The maximum absolute atomic E-state index is 13.2. The van der Waals surface area contributed by atoms with Crippen LogP contribution in [0.4, 0.5) is 0 Å². The second-order valence-electron chi connectivity index (χ2n) is 8.15. The van der Waals surface area contributed by atoms with E-state index in [9.17, 15) is 4.79 Å². The van der Waals surface area contributed by atoms with Crippen molar-refractivity contribution in [3.05, 3.63) is 29.5 Å². The molecule has 0 radical (unpaired) electrons. The standard InChI is InChI=1S/C22H32N4O3.ClH/c1-15-19-8-5-17(13-20(19)25(24-15)10-4-11-28-3)16(2)26(18-6-7-18)22(27)21-14-23-9-12-29-21;/h5,8,13,16,18,21,23H,4,6-7,9-12,14H2,1-3H3;1H/t16-,21?;/m1./s1. The average Bonchev–Trinajstić information content (AvgIpc) is 3.53. The van der Waals surface area contributed by atoms with E-state index >= 15 is 0 Å². The summed E-state index contributed by atoms with van der Waals surface area (Å²) < 4.78 is 13.0. The van der Waals surface area contributed by atoms with Crippen molar-refractivity contribution in [2.45, 2.75) is 57.8 Å². The third-order valence-electron chi connectivity index (χ3n) is 5.98. The van der Waals surface area contributed by atoms with Gasteiger partial charge in [0.1, 0.15) is 6.10 Å². The third kappa shape index (κ3) is 4.80. The van der Waals surface area contributed by atoms with Crippen molar-refractivity contribution in [3.63, 3.8) is 0 Å². The second kappa shape index (κ2) is 10.1. The highest BCUT2D eigenvalue weighted by Crippen LogP contribution is 2.36. The summed E-state index contributed by atoms with van der Waals surface area (Å²) in [5.74, 6) is 0.108. The van der Waals surface area contributed by atoms with Gasteiger partial charge in [-0.1, -0.05) is 12.1 Å². The van der Waals surface area contributed by atoms with Gasteiger partial charge in [-0.15, -0.1) is 12.4 Å². The fraction of sp³-hybridized carbons (Fsp3) is 0.636. The molecule has 1 aromatic heterocycles. The Morgan fingerprint density at radius 1 is 1.43 bits per heavy atom. The molecule has 2 aliphatic rings. The van der Waals surface area contributed by atoms with Crippen molar-refractivity contribution >= 4 is 29.2 Å². The normalized spacial score (nSPS) is 20.0. The highest BCUT2D eigenvalue weighted by molar-refractivity contribution is 5.85. The van der Waals surface area contributed by atoms with E-state index in [0.717, 1.165) is 55.7 Å². The summed E-state index contributed by atoms with van der Waals surface area (Å²) in [4.78, 5) is 15.3. The molecule has 2 atom stereocenters. The van der Waals surface area contributed by atoms with Crippen molar-refractivity contribution in [1.82, 2.24) is 20.0 Å². The Morgan fingerprint density at radius 2 is 2.23 bits per heavy atom. The van der Waals surface area contributed by atoms with Crippen LogP contribution in [0.5, 0.6) is 0 Å². The highest BCUT2D eigenvalue weighted by Gasteiger charge is 2.40.